The molecular weight excluding hydrogens is 939 g/mol. The van der Waals surface area contributed by atoms with Crippen LogP contribution in [0.15, 0.2) is 47.3 Å². The lowest BCUT2D eigenvalue weighted by Crippen LogP contribution is -2.38. The number of alkyl halides is 9. The highest BCUT2D eigenvalue weighted by Gasteiger charge is 2.67. The summed E-state index contributed by atoms with van der Waals surface area (Å²) >= 11 is 6.53. The molecular formula is C38H29ClF11N9O5S. The number of fused-ring (bicyclic) bond motifs is 5. The number of hydrogen-bond donors (Lipinski definition) is 2. The number of hydrogen-bond acceptors (Lipinski definition) is 9. The largest absolute Gasteiger partial charge is 0.477 e. The third-order valence-electron chi connectivity index (χ3n) is 10.7. The summed E-state index contributed by atoms with van der Waals surface area (Å²) in [5.41, 5.74) is -4.38. The number of anilines is 1. The first-order valence-electron chi connectivity index (χ1n) is 18.9. The Balaban J connectivity index is 1.30. The second kappa shape index (κ2) is 15.8. The Hall–Kier alpha value is -6.05. The lowest BCUT2D eigenvalue weighted by Gasteiger charge is -2.24. The number of aromatic nitrogens is 7. The van der Waals surface area contributed by atoms with E-state index < -0.39 is 141 Å². The number of ether oxygens (including phenoxy) is 1. The first-order chi connectivity index (χ1) is 30.3. The molecule has 6 aromatic rings. The highest BCUT2D eigenvalue weighted by Crippen LogP contribution is 2.68. The normalized spacial score (nSPS) is 17.4. The number of nitrogens with one attached hydrogen (secondary N) is 2. The quantitative estimate of drug-likeness (QED) is 0.106. The molecule has 3 atom stereocenters. The second-order valence-corrected chi connectivity index (χ2v) is 17.5. The predicted molar refractivity (Wildman–Crippen MR) is 207 cm³/mol. The zero-order valence-corrected chi connectivity index (χ0v) is 34.6. The van der Waals surface area contributed by atoms with Crippen molar-refractivity contribution in [3.8, 4) is 11.6 Å². The van der Waals surface area contributed by atoms with E-state index in [2.05, 4.69) is 30.2 Å². The number of carbonyl (C=O) groups is 1. The Bertz CT molecular complexity index is 3080. The number of carbonyl (C=O) groups excluding carboxylic acids is 1. The van der Waals surface area contributed by atoms with Crippen LogP contribution in [0.1, 0.15) is 59.6 Å². The molecule has 8 rings (SSSR count). The Kier molecular flexibility index (Phi) is 11.1. The van der Waals surface area contributed by atoms with Gasteiger partial charge in [-0.1, -0.05) is 11.6 Å². The van der Waals surface area contributed by atoms with Gasteiger partial charge in [-0.3, -0.25) is 28.2 Å². The molecule has 3 unspecified atom stereocenters. The smallest absolute Gasteiger partial charge is 0.453 e. The molecule has 1 saturated carbocycles. The zero-order chi connectivity index (χ0) is 47.3. The van der Waals surface area contributed by atoms with Crippen LogP contribution in [0.3, 0.4) is 0 Å². The van der Waals surface area contributed by atoms with Gasteiger partial charge in [0.1, 0.15) is 35.4 Å². The van der Waals surface area contributed by atoms with Crippen molar-refractivity contribution >= 4 is 55.3 Å². The fourth-order valence-electron chi connectivity index (χ4n) is 7.95. The lowest BCUT2D eigenvalue weighted by atomic mass is 10.0. The van der Waals surface area contributed by atoms with Gasteiger partial charge in [0, 0.05) is 37.1 Å². The van der Waals surface area contributed by atoms with Crippen molar-refractivity contribution in [2.24, 2.45) is 13.0 Å². The molecule has 0 radical (unpaired) electrons. The molecule has 1 amide bonds. The van der Waals surface area contributed by atoms with Crippen molar-refractivity contribution in [3.05, 3.63) is 97.8 Å². The maximum Gasteiger partial charge on any atom is 0.453 e. The topological polar surface area (TPSA) is 168 Å². The summed E-state index contributed by atoms with van der Waals surface area (Å²) in [6, 6.07) is 4.82. The van der Waals surface area contributed by atoms with Gasteiger partial charge in [-0.05, 0) is 48.2 Å². The van der Waals surface area contributed by atoms with Crippen LogP contribution in [0.4, 0.5) is 54.1 Å². The van der Waals surface area contributed by atoms with Crippen LogP contribution in [-0.4, -0.2) is 73.4 Å². The van der Waals surface area contributed by atoms with Gasteiger partial charge in [-0.25, -0.2) is 31.0 Å². The van der Waals surface area contributed by atoms with E-state index in [0.717, 1.165) is 39.8 Å². The Morgan fingerprint density at radius 2 is 1.72 bits per heavy atom. The van der Waals surface area contributed by atoms with E-state index >= 15 is 8.78 Å². The zero-order valence-electron chi connectivity index (χ0n) is 33.0. The van der Waals surface area contributed by atoms with Gasteiger partial charge in [0.2, 0.25) is 21.8 Å². The highest BCUT2D eigenvalue weighted by atomic mass is 35.5. The molecule has 65 heavy (non-hydrogen) atoms. The summed E-state index contributed by atoms with van der Waals surface area (Å²) in [5, 5.41) is 9.70. The molecule has 1 fully saturated rings. The molecule has 0 aliphatic heterocycles. The number of sulfonamides is 1. The molecule has 0 spiro atoms. The number of amides is 1. The maximum atomic E-state index is 15.5. The van der Waals surface area contributed by atoms with Gasteiger partial charge in [0.05, 0.1) is 52.3 Å². The van der Waals surface area contributed by atoms with Crippen molar-refractivity contribution in [2.75, 3.05) is 17.6 Å². The van der Waals surface area contributed by atoms with Crippen LogP contribution in [0.25, 0.3) is 27.6 Å². The first kappa shape index (κ1) is 45.5. The number of pyridine rings is 1. The minimum atomic E-state index is -5.91. The van der Waals surface area contributed by atoms with E-state index in [1.165, 1.54) is 19.2 Å². The number of halogens is 12. The van der Waals surface area contributed by atoms with Gasteiger partial charge in [-0.2, -0.15) is 45.9 Å². The lowest BCUT2D eigenvalue weighted by molar-refractivity contribution is -0.285. The van der Waals surface area contributed by atoms with Crippen molar-refractivity contribution in [1.82, 2.24) is 39.4 Å². The van der Waals surface area contributed by atoms with Gasteiger partial charge in [0.15, 0.2) is 11.5 Å². The van der Waals surface area contributed by atoms with Crippen molar-refractivity contribution in [2.45, 2.75) is 62.2 Å². The standard InChI is InChI=1S/C38H29ClF11N9O5S/c1-57-29-23(5-4-21(39)27(29)33(55-57)56-65(2,62)63)59-34(53-32-18(35(59)61)3-6-25(52-32)64-8-7-36(44,45)38(48,49)50)22(11-15-9-16(40)12-17(41)10-15)51-24(60)14-58-30-26(28(54-58)31(42)43)19-13-20(19)37(30,46)47/h3-6,9-10,12,19-20,22,31H,7-8,11,13-14H2,1-2H3,(H,51,60)(H,55,56). The molecule has 14 nitrogen and oxygen atoms in total. The van der Waals surface area contributed by atoms with Gasteiger partial charge in [0.25, 0.3) is 17.9 Å². The Morgan fingerprint density at radius 3 is 2.37 bits per heavy atom. The summed E-state index contributed by atoms with van der Waals surface area (Å²) < 4.78 is 189. The number of benzene rings is 2. The highest BCUT2D eigenvalue weighted by molar-refractivity contribution is 7.92. The van der Waals surface area contributed by atoms with Crippen molar-refractivity contribution in [1.29, 1.82) is 0 Å². The number of nitrogens with zero attached hydrogens (tertiary/aromatic N) is 7. The summed E-state index contributed by atoms with van der Waals surface area (Å²) in [7, 11) is -2.69. The second-order valence-electron chi connectivity index (χ2n) is 15.3. The Labute approximate surface area is 362 Å². The summed E-state index contributed by atoms with van der Waals surface area (Å²) in [5.74, 6) is -16.0. The maximum absolute atomic E-state index is 15.5. The van der Waals surface area contributed by atoms with Gasteiger partial charge in [-0.15, -0.1) is 0 Å². The summed E-state index contributed by atoms with van der Waals surface area (Å²) in [6.45, 7) is -2.38. The first-order valence-corrected chi connectivity index (χ1v) is 21.2. The molecule has 4 heterocycles. The average Bonchev–Trinajstić information content (AvgIpc) is 3.72. The van der Waals surface area contributed by atoms with Crippen LogP contribution < -0.4 is 20.3 Å². The van der Waals surface area contributed by atoms with Crippen LogP contribution in [0, 0.1) is 17.6 Å². The van der Waals surface area contributed by atoms with Gasteiger partial charge >= 0.3 is 12.1 Å². The van der Waals surface area contributed by atoms with Crippen LogP contribution in [0.5, 0.6) is 5.88 Å². The van der Waals surface area contributed by atoms with Crippen LogP contribution in [-0.2, 0) is 40.8 Å². The monoisotopic (exact) mass is 967 g/mol. The van der Waals surface area contributed by atoms with E-state index in [9.17, 15) is 57.5 Å². The molecule has 2 N–H and O–H groups in total. The predicted octanol–water partition coefficient (Wildman–Crippen LogP) is 7.38. The van der Waals surface area contributed by atoms with Crippen molar-refractivity contribution < 1.29 is 66.2 Å². The van der Waals surface area contributed by atoms with Gasteiger partial charge < -0.3 is 10.1 Å². The fraction of sp³-hybridized carbons (Fsp3) is 0.368. The molecule has 27 heteroatoms. The molecule has 0 bridgehead atoms. The fourth-order valence-corrected chi connectivity index (χ4v) is 8.69. The average molecular weight is 968 g/mol. The van der Waals surface area contributed by atoms with E-state index in [1.807, 2.05) is 0 Å². The van der Waals surface area contributed by atoms with Crippen LogP contribution in [0.2, 0.25) is 5.02 Å². The molecule has 346 valence electrons. The molecule has 4 aromatic heterocycles. The van der Waals surface area contributed by atoms with Crippen LogP contribution >= 0.6 is 11.6 Å². The number of aryl methyl sites for hydroxylation is 1. The minimum absolute atomic E-state index is 0.0686. The minimum Gasteiger partial charge on any atom is -0.477 e. The molecule has 0 saturated heterocycles. The molecule has 2 aromatic carbocycles. The molecule has 2 aliphatic carbocycles. The molecule has 2 aliphatic rings. The number of rotatable bonds is 14. The Morgan fingerprint density at radius 1 is 1.03 bits per heavy atom. The van der Waals surface area contributed by atoms with E-state index in [4.69, 9.17) is 16.3 Å². The van der Waals surface area contributed by atoms with E-state index in [-0.39, 0.29) is 39.4 Å². The third kappa shape index (κ3) is 8.40. The third-order valence-corrected chi connectivity index (χ3v) is 11.6. The summed E-state index contributed by atoms with van der Waals surface area (Å²) in [6.07, 6.45) is -11.0. The summed E-state index contributed by atoms with van der Waals surface area (Å²) in [4.78, 5) is 37.3. The van der Waals surface area contributed by atoms with E-state index in [0.29, 0.717) is 10.7 Å². The van der Waals surface area contributed by atoms with E-state index in [1.54, 1.807) is 0 Å². The van der Waals surface area contributed by atoms with Crippen molar-refractivity contribution in [3.63, 3.8) is 0 Å². The SMILES string of the molecule is Cn1nc(NS(C)(=O)=O)c2c(Cl)ccc(-n3c(C(Cc4cc(F)cc(F)c4)NC(=O)Cn4nc(C(F)F)c5c4C(F)(F)C4CC54)nc4nc(OCCC(F)(F)C(F)(F)F)ccc4c3=O)c21.